The SMILES string of the molecule is CC/C=C/C/C=C/C/C=C/C/C=C/CCCC(CC(=O)NC(CO)C(O)CCCCCCCCCCCCCC)OC(=O)CCCCCCC/C=C/C=C/CCCCCCCCC. The third kappa shape index (κ3) is 45.7. The van der Waals surface area contributed by atoms with E-state index in [1.54, 1.807) is 0 Å². The molecule has 0 aromatic carbocycles. The van der Waals surface area contributed by atoms with Crippen LogP contribution in [0.1, 0.15) is 252 Å². The molecule has 6 nitrogen and oxygen atoms in total. The summed E-state index contributed by atoms with van der Waals surface area (Å²) in [7, 11) is 0. The molecule has 3 unspecified atom stereocenters. The monoisotopic (exact) mass is 880 g/mol. The van der Waals surface area contributed by atoms with Gasteiger partial charge in [-0.05, 0) is 83.5 Å². The van der Waals surface area contributed by atoms with Gasteiger partial charge >= 0.3 is 5.97 Å². The van der Waals surface area contributed by atoms with E-state index in [9.17, 15) is 19.8 Å². The number of aliphatic hydroxyl groups excluding tert-OH is 2. The van der Waals surface area contributed by atoms with Gasteiger partial charge in [0.2, 0.25) is 5.91 Å². The summed E-state index contributed by atoms with van der Waals surface area (Å²) in [5.74, 6) is -0.546. The Kier molecular flexibility index (Phi) is 48.1. The van der Waals surface area contributed by atoms with Crippen LogP contribution in [-0.2, 0) is 14.3 Å². The molecule has 6 heteroatoms. The van der Waals surface area contributed by atoms with E-state index in [1.165, 1.54) is 109 Å². The first-order valence-electron chi connectivity index (χ1n) is 26.7. The van der Waals surface area contributed by atoms with E-state index >= 15 is 0 Å². The normalized spacial score (nSPS) is 13.8. The van der Waals surface area contributed by atoms with Gasteiger partial charge in [-0.3, -0.25) is 9.59 Å². The van der Waals surface area contributed by atoms with Crippen molar-refractivity contribution < 1.29 is 24.5 Å². The summed E-state index contributed by atoms with van der Waals surface area (Å²) in [6, 6.07) is -0.724. The molecule has 0 aromatic rings. The lowest BCUT2D eigenvalue weighted by molar-refractivity contribution is -0.151. The van der Waals surface area contributed by atoms with Crippen molar-refractivity contribution in [3.63, 3.8) is 0 Å². The van der Waals surface area contributed by atoms with Crippen LogP contribution in [0.15, 0.2) is 72.9 Å². The molecule has 0 aromatic heterocycles. The van der Waals surface area contributed by atoms with Gasteiger partial charge in [-0.25, -0.2) is 0 Å². The highest BCUT2D eigenvalue weighted by Gasteiger charge is 2.24. The van der Waals surface area contributed by atoms with Crippen LogP contribution in [0.25, 0.3) is 0 Å². The van der Waals surface area contributed by atoms with Crippen molar-refractivity contribution in [2.24, 2.45) is 0 Å². The number of hydrogen-bond donors (Lipinski definition) is 3. The summed E-state index contributed by atoms with van der Waals surface area (Å²) in [4.78, 5) is 26.2. The van der Waals surface area contributed by atoms with Gasteiger partial charge in [0.15, 0.2) is 0 Å². The molecule has 0 radical (unpaired) electrons. The van der Waals surface area contributed by atoms with Crippen LogP contribution >= 0.6 is 0 Å². The van der Waals surface area contributed by atoms with Gasteiger partial charge in [0.1, 0.15) is 6.10 Å². The molecule has 3 N–H and O–H groups in total. The van der Waals surface area contributed by atoms with Crippen LogP contribution in [0.4, 0.5) is 0 Å². The van der Waals surface area contributed by atoms with Gasteiger partial charge in [0, 0.05) is 6.42 Å². The maximum atomic E-state index is 13.2. The Hall–Kier alpha value is -2.70. The predicted molar refractivity (Wildman–Crippen MR) is 273 cm³/mol. The van der Waals surface area contributed by atoms with Gasteiger partial charge in [-0.1, -0.05) is 229 Å². The summed E-state index contributed by atoms with van der Waals surface area (Å²) in [6.07, 6.45) is 63.9. The Labute approximate surface area is 390 Å². The summed E-state index contributed by atoms with van der Waals surface area (Å²) in [6.45, 7) is 6.34. The molecular formula is C57H101NO5. The maximum Gasteiger partial charge on any atom is 0.306 e. The lowest BCUT2D eigenvalue weighted by atomic mass is 10.0. The molecule has 1 amide bonds. The van der Waals surface area contributed by atoms with E-state index in [4.69, 9.17) is 4.74 Å². The van der Waals surface area contributed by atoms with Crippen molar-refractivity contribution in [3.05, 3.63) is 72.9 Å². The predicted octanol–water partition coefficient (Wildman–Crippen LogP) is 16.2. The third-order valence-electron chi connectivity index (χ3n) is 11.8. The van der Waals surface area contributed by atoms with Crippen molar-refractivity contribution in [1.29, 1.82) is 0 Å². The van der Waals surface area contributed by atoms with Crippen molar-refractivity contribution in [1.82, 2.24) is 5.32 Å². The Morgan fingerprint density at radius 1 is 0.492 bits per heavy atom. The van der Waals surface area contributed by atoms with Crippen LogP contribution < -0.4 is 5.32 Å². The third-order valence-corrected chi connectivity index (χ3v) is 11.8. The standard InChI is InChI=1S/C57H101NO5/c1-4-7-10-13-16-19-22-25-27-28-29-30-32-35-38-41-44-47-50-57(62)63-53(48-45-42-39-36-33-31-26-23-20-17-14-11-8-5-2)51-56(61)58-54(52-59)55(60)49-46-43-40-37-34-24-21-18-15-12-9-6-3/h8,11,17,20,26-31,36,39,53-55,59-60H,4-7,9-10,12-16,18-19,21-25,32-35,37-38,40-52H2,1-3H3,(H,58,61)/b11-8+,20-17+,28-27+,30-29+,31-26+,39-36+. The first kappa shape index (κ1) is 60.3. The number of nitrogens with one attached hydrogen (secondary N) is 1. The minimum atomic E-state index is -0.807. The zero-order chi connectivity index (χ0) is 45.9. The average Bonchev–Trinajstić information content (AvgIpc) is 3.28. The fourth-order valence-electron chi connectivity index (χ4n) is 7.77. The number of unbranched alkanes of at least 4 members (excludes halogenated alkanes) is 24. The highest BCUT2D eigenvalue weighted by molar-refractivity contribution is 5.77. The molecule has 0 saturated heterocycles. The molecule has 0 rings (SSSR count). The Balaban J connectivity index is 4.67. The number of amides is 1. The number of aliphatic hydroxyl groups is 2. The highest BCUT2D eigenvalue weighted by Crippen LogP contribution is 2.17. The molecule has 0 spiro atoms. The molecular weight excluding hydrogens is 779 g/mol. The van der Waals surface area contributed by atoms with E-state index in [2.05, 4.69) is 99.0 Å². The minimum Gasteiger partial charge on any atom is -0.462 e. The molecule has 0 heterocycles. The molecule has 364 valence electrons. The fourth-order valence-corrected chi connectivity index (χ4v) is 7.77. The molecule has 0 aliphatic heterocycles. The van der Waals surface area contributed by atoms with Crippen LogP contribution in [0.3, 0.4) is 0 Å². The van der Waals surface area contributed by atoms with Gasteiger partial charge in [-0.15, -0.1) is 0 Å². The second kappa shape index (κ2) is 50.3. The zero-order valence-electron chi connectivity index (χ0n) is 41.4. The van der Waals surface area contributed by atoms with Crippen LogP contribution in [0.2, 0.25) is 0 Å². The van der Waals surface area contributed by atoms with Gasteiger partial charge in [0.05, 0.1) is 25.2 Å². The van der Waals surface area contributed by atoms with Crippen LogP contribution in [-0.4, -0.2) is 46.9 Å². The minimum absolute atomic E-state index is 0.0313. The Morgan fingerprint density at radius 3 is 1.41 bits per heavy atom. The lowest BCUT2D eigenvalue weighted by Gasteiger charge is -2.24. The van der Waals surface area contributed by atoms with Gasteiger partial charge in [0.25, 0.3) is 0 Å². The van der Waals surface area contributed by atoms with Crippen molar-refractivity contribution >= 4 is 11.9 Å². The van der Waals surface area contributed by atoms with E-state index in [-0.39, 0.29) is 24.9 Å². The Bertz CT molecular complexity index is 1170. The van der Waals surface area contributed by atoms with E-state index < -0.39 is 18.2 Å². The summed E-state index contributed by atoms with van der Waals surface area (Å²) >= 11 is 0. The second-order valence-corrected chi connectivity index (χ2v) is 17.9. The van der Waals surface area contributed by atoms with E-state index in [0.29, 0.717) is 19.3 Å². The fraction of sp³-hybridized carbons (Fsp3) is 0.754. The number of carbonyl (C=O) groups excluding carboxylic acids is 2. The first-order chi connectivity index (χ1) is 31.0. The number of allylic oxidation sites excluding steroid dienone is 12. The molecule has 0 fully saturated rings. The topological polar surface area (TPSA) is 95.9 Å². The maximum absolute atomic E-state index is 13.2. The Morgan fingerprint density at radius 2 is 0.921 bits per heavy atom. The number of carbonyl (C=O) groups is 2. The van der Waals surface area contributed by atoms with Crippen LogP contribution in [0, 0.1) is 0 Å². The van der Waals surface area contributed by atoms with E-state index in [0.717, 1.165) is 96.3 Å². The number of ether oxygens (including phenoxy) is 1. The van der Waals surface area contributed by atoms with Gasteiger partial charge in [-0.2, -0.15) is 0 Å². The zero-order valence-corrected chi connectivity index (χ0v) is 41.4. The molecule has 3 atom stereocenters. The molecule has 0 saturated carbocycles. The van der Waals surface area contributed by atoms with Crippen LogP contribution in [0.5, 0.6) is 0 Å². The van der Waals surface area contributed by atoms with Crippen molar-refractivity contribution in [2.45, 2.75) is 270 Å². The number of esters is 1. The second-order valence-electron chi connectivity index (χ2n) is 17.9. The van der Waals surface area contributed by atoms with Crippen molar-refractivity contribution in [3.8, 4) is 0 Å². The average molecular weight is 880 g/mol. The lowest BCUT2D eigenvalue weighted by Crippen LogP contribution is -2.46. The summed E-state index contributed by atoms with van der Waals surface area (Å²) in [5.41, 5.74) is 0. The molecule has 0 bridgehead atoms. The van der Waals surface area contributed by atoms with Crippen molar-refractivity contribution in [2.75, 3.05) is 6.61 Å². The number of hydrogen-bond acceptors (Lipinski definition) is 5. The molecule has 63 heavy (non-hydrogen) atoms. The summed E-state index contributed by atoms with van der Waals surface area (Å²) in [5, 5.41) is 23.7. The quantitative estimate of drug-likeness (QED) is 0.0245. The highest BCUT2D eigenvalue weighted by atomic mass is 16.5. The molecule has 0 aliphatic rings. The van der Waals surface area contributed by atoms with Gasteiger partial charge < -0.3 is 20.3 Å². The molecule has 0 aliphatic carbocycles. The largest absolute Gasteiger partial charge is 0.462 e. The van der Waals surface area contributed by atoms with E-state index in [1.807, 2.05) is 0 Å². The first-order valence-corrected chi connectivity index (χ1v) is 26.7. The smallest absolute Gasteiger partial charge is 0.306 e. The number of rotatable bonds is 47. The summed E-state index contributed by atoms with van der Waals surface area (Å²) < 4.78 is 5.91.